The molecule has 4 heteroatoms. The predicted molar refractivity (Wildman–Crippen MR) is 283 cm³/mol. The van der Waals surface area contributed by atoms with Crippen LogP contribution in [0.4, 0.5) is 0 Å². The molecule has 68 heavy (non-hydrogen) atoms. The molecule has 0 unspecified atom stereocenters. The second-order valence-corrected chi connectivity index (χ2v) is 17.5. The Morgan fingerprint density at radius 1 is 0.338 bits per heavy atom. The molecule has 3 heterocycles. The lowest BCUT2D eigenvalue weighted by Crippen LogP contribution is -1.97. The Balaban J connectivity index is 0.885. The van der Waals surface area contributed by atoms with Crippen molar-refractivity contribution in [2.24, 2.45) is 0 Å². The number of benzene rings is 9. The van der Waals surface area contributed by atoms with E-state index in [9.17, 15) is 0 Å². The third-order valence-electron chi connectivity index (χ3n) is 13.4. The fourth-order valence-electron chi connectivity index (χ4n) is 10.0. The first-order valence-electron chi connectivity index (χ1n) is 23.2. The molecule has 1 aliphatic carbocycles. The molecule has 0 N–H and O–H groups in total. The van der Waals surface area contributed by atoms with Crippen molar-refractivity contribution in [3.63, 3.8) is 0 Å². The third-order valence-corrected chi connectivity index (χ3v) is 13.4. The number of hydrogen-bond donors (Lipinski definition) is 0. The first-order valence-corrected chi connectivity index (χ1v) is 23.2. The lowest BCUT2D eigenvalue weighted by Gasteiger charge is -2.12. The number of fused-ring (bicyclic) bond motifs is 6. The van der Waals surface area contributed by atoms with Crippen molar-refractivity contribution in [3.05, 3.63) is 254 Å². The molecule has 0 fully saturated rings. The molecule has 0 atom stereocenters. The highest BCUT2D eigenvalue weighted by Crippen LogP contribution is 2.39. The maximum absolute atomic E-state index is 5.23. The number of allylic oxidation sites excluding steroid dienone is 3. The van der Waals surface area contributed by atoms with Gasteiger partial charge in [0.05, 0.1) is 33.5 Å². The first kappa shape index (κ1) is 39.3. The van der Waals surface area contributed by atoms with E-state index < -0.39 is 0 Å². The van der Waals surface area contributed by atoms with Crippen LogP contribution in [0.1, 0.15) is 12.0 Å². The van der Waals surface area contributed by atoms with Gasteiger partial charge in [0.15, 0.2) is 5.82 Å². The molecule has 0 amide bonds. The van der Waals surface area contributed by atoms with Gasteiger partial charge in [-0.2, -0.15) is 0 Å². The van der Waals surface area contributed by atoms with Gasteiger partial charge >= 0.3 is 0 Å². The van der Waals surface area contributed by atoms with Crippen LogP contribution in [0.5, 0.6) is 0 Å². The van der Waals surface area contributed by atoms with E-state index in [2.05, 4.69) is 239 Å². The Hall–Kier alpha value is -9.08. The van der Waals surface area contributed by atoms with Gasteiger partial charge in [0.1, 0.15) is 0 Å². The highest BCUT2D eigenvalue weighted by molar-refractivity contribution is 6.12. The van der Waals surface area contributed by atoms with Gasteiger partial charge in [-0.3, -0.25) is 0 Å². The molecular formula is C64H42N4. The molecule has 0 bridgehead atoms. The molecule has 0 saturated heterocycles. The molecule has 9 aromatic carbocycles. The fourth-order valence-corrected chi connectivity index (χ4v) is 10.0. The van der Waals surface area contributed by atoms with E-state index in [-0.39, 0.29) is 0 Å². The first-order chi connectivity index (χ1) is 33.7. The van der Waals surface area contributed by atoms with Crippen LogP contribution in [0.3, 0.4) is 0 Å². The molecule has 4 nitrogen and oxygen atoms in total. The van der Waals surface area contributed by atoms with Crippen molar-refractivity contribution >= 4 is 49.2 Å². The van der Waals surface area contributed by atoms with E-state index in [4.69, 9.17) is 9.97 Å². The summed E-state index contributed by atoms with van der Waals surface area (Å²) in [4.78, 5) is 10.4. The topological polar surface area (TPSA) is 35.6 Å². The second-order valence-electron chi connectivity index (χ2n) is 17.5. The van der Waals surface area contributed by atoms with E-state index >= 15 is 0 Å². The summed E-state index contributed by atoms with van der Waals surface area (Å²) in [6.07, 6.45) is 7.06. The summed E-state index contributed by atoms with van der Waals surface area (Å²) in [5.74, 6) is 0.687. The molecule has 13 rings (SSSR count). The Morgan fingerprint density at radius 2 is 0.824 bits per heavy atom. The van der Waals surface area contributed by atoms with Crippen molar-refractivity contribution in [1.82, 2.24) is 19.1 Å². The van der Waals surface area contributed by atoms with Gasteiger partial charge in [0.25, 0.3) is 0 Å². The zero-order valence-corrected chi connectivity index (χ0v) is 37.1. The SMILES string of the molecule is C1=CC=CCC=1c1ccc(-c2nc(-c3ccc(-c4ccccc4)cc3)cc(-c3ccc(-n4c5ccccc5c5cc(-c6ccc7c8ccccc8n(-c8ccccc8)c7c6)ccc54)cc3)n2)cc1. The number of para-hydroxylation sites is 3. The largest absolute Gasteiger partial charge is 0.309 e. The average Bonchev–Trinajstić information content (AvgIpc) is 3.94. The van der Waals surface area contributed by atoms with Crippen LogP contribution < -0.4 is 0 Å². The van der Waals surface area contributed by atoms with Gasteiger partial charge in [-0.05, 0) is 101 Å². The van der Waals surface area contributed by atoms with Gasteiger partial charge in [0, 0.05) is 55.2 Å². The van der Waals surface area contributed by atoms with Crippen LogP contribution in [0, 0.1) is 0 Å². The van der Waals surface area contributed by atoms with E-state index in [1.165, 1.54) is 60.4 Å². The minimum Gasteiger partial charge on any atom is -0.309 e. The number of aromatic nitrogens is 4. The van der Waals surface area contributed by atoms with Crippen LogP contribution >= 0.6 is 0 Å². The lowest BCUT2D eigenvalue weighted by molar-refractivity contribution is 1.17. The Bertz CT molecular complexity index is 3980. The van der Waals surface area contributed by atoms with Crippen molar-refractivity contribution in [3.8, 4) is 67.5 Å². The molecule has 0 aliphatic heterocycles. The van der Waals surface area contributed by atoms with Gasteiger partial charge in [-0.15, -0.1) is 5.73 Å². The van der Waals surface area contributed by atoms with Crippen LogP contribution in [0.15, 0.2) is 248 Å². The van der Waals surface area contributed by atoms with Gasteiger partial charge in [-0.1, -0.05) is 176 Å². The van der Waals surface area contributed by atoms with Crippen molar-refractivity contribution < 1.29 is 0 Å². The Morgan fingerprint density at radius 3 is 1.51 bits per heavy atom. The number of rotatable bonds is 8. The molecule has 318 valence electrons. The molecule has 3 aromatic heterocycles. The smallest absolute Gasteiger partial charge is 0.160 e. The zero-order chi connectivity index (χ0) is 45.0. The van der Waals surface area contributed by atoms with E-state index in [0.29, 0.717) is 5.82 Å². The van der Waals surface area contributed by atoms with Crippen LogP contribution in [0.2, 0.25) is 0 Å². The van der Waals surface area contributed by atoms with E-state index in [1.807, 2.05) is 18.2 Å². The van der Waals surface area contributed by atoms with Crippen LogP contribution in [0.25, 0.3) is 117 Å². The molecular weight excluding hydrogens is 825 g/mol. The number of nitrogens with zero attached hydrogens (tertiary/aromatic N) is 4. The van der Waals surface area contributed by atoms with Crippen molar-refractivity contribution in [2.75, 3.05) is 0 Å². The van der Waals surface area contributed by atoms with E-state index in [1.54, 1.807) is 0 Å². The van der Waals surface area contributed by atoms with Crippen LogP contribution in [-0.4, -0.2) is 19.1 Å². The summed E-state index contributed by atoms with van der Waals surface area (Å²) in [6, 6.07) is 80.6. The number of hydrogen-bond acceptors (Lipinski definition) is 2. The quantitative estimate of drug-likeness (QED) is 0.143. The normalized spacial score (nSPS) is 12.4. The van der Waals surface area contributed by atoms with Gasteiger partial charge in [0.2, 0.25) is 0 Å². The van der Waals surface area contributed by atoms with Crippen LogP contribution in [-0.2, 0) is 0 Å². The average molecular weight is 867 g/mol. The molecule has 12 aromatic rings. The Kier molecular flexibility index (Phi) is 9.49. The third kappa shape index (κ3) is 6.87. The van der Waals surface area contributed by atoms with E-state index in [0.717, 1.165) is 62.5 Å². The Labute approximate surface area is 394 Å². The minimum atomic E-state index is 0.687. The predicted octanol–water partition coefficient (Wildman–Crippen LogP) is 16.5. The monoisotopic (exact) mass is 866 g/mol. The summed E-state index contributed by atoms with van der Waals surface area (Å²) in [5, 5.41) is 4.94. The molecule has 0 saturated carbocycles. The van der Waals surface area contributed by atoms with Gasteiger partial charge in [-0.25, -0.2) is 9.97 Å². The zero-order valence-electron chi connectivity index (χ0n) is 37.1. The maximum atomic E-state index is 5.23. The lowest BCUT2D eigenvalue weighted by atomic mass is 9.99. The molecule has 1 aliphatic rings. The molecule has 0 radical (unpaired) electrons. The summed E-state index contributed by atoms with van der Waals surface area (Å²) in [5.41, 5.74) is 22.2. The van der Waals surface area contributed by atoms with Gasteiger partial charge < -0.3 is 9.13 Å². The minimum absolute atomic E-state index is 0.687. The van der Waals surface area contributed by atoms with Crippen molar-refractivity contribution in [1.29, 1.82) is 0 Å². The summed E-state index contributed by atoms with van der Waals surface area (Å²) < 4.78 is 4.77. The standard InChI is InChI=1S/C64H42N4/c1-4-14-43(15-5-1)45-24-28-47(29-25-45)58-42-59(66-64(65-58)49-30-26-46(27-31-49)44-16-6-2-7-17-44)48-32-36-53(37-33-48)67-61-23-13-11-21-55(61)57-40-50(35-39-62(57)67)51-34-38-56-54-20-10-12-22-60(54)68(63(56)41-51)52-18-8-3-9-19-52/h1-15,18-42H,16H2. The summed E-state index contributed by atoms with van der Waals surface area (Å²) in [7, 11) is 0. The highest BCUT2D eigenvalue weighted by Gasteiger charge is 2.18. The van der Waals surface area contributed by atoms with Crippen molar-refractivity contribution in [2.45, 2.75) is 6.42 Å². The second kappa shape index (κ2) is 16.4. The fraction of sp³-hybridized carbons (Fsp3) is 0.0156. The highest BCUT2D eigenvalue weighted by atomic mass is 15.0. The maximum Gasteiger partial charge on any atom is 0.160 e. The molecule has 0 spiro atoms. The summed E-state index contributed by atoms with van der Waals surface area (Å²) in [6.45, 7) is 0. The summed E-state index contributed by atoms with van der Waals surface area (Å²) >= 11 is 0.